The van der Waals surface area contributed by atoms with Crippen LogP contribution in [0.4, 0.5) is 0 Å². The molecule has 76 valence electrons. The van der Waals surface area contributed by atoms with Gasteiger partial charge >= 0.3 is 0 Å². The summed E-state index contributed by atoms with van der Waals surface area (Å²) in [6.07, 6.45) is 1.29. The summed E-state index contributed by atoms with van der Waals surface area (Å²) in [5.74, 6) is 0. The first kappa shape index (κ1) is 14.5. The average molecular weight is 174 g/mol. The van der Waals surface area contributed by atoms with Crippen LogP contribution in [0.2, 0.25) is 0 Å². The van der Waals surface area contributed by atoms with Gasteiger partial charge in [0.2, 0.25) is 0 Å². The van der Waals surface area contributed by atoms with Crippen molar-refractivity contribution >= 4 is 0 Å². The van der Waals surface area contributed by atoms with Gasteiger partial charge in [0.1, 0.15) is 0 Å². The fourth-order valence-corrected chi connectivity index (χ4v) is 1.59. The summed E-state index contributed by atoms with van der Waals surface area (Å²) in [4.78, 5) is 0. The SMILES string of the molecule is CC(C)(C)CC(C)(C)C.CCO. The van der Waals surface area contributed by atoms with Crippen molar-refractivity contribution in [1.82, 2.24) is 0 Å². The topological polar surface area (TPSA) is 20.2 Å². The normalized spacial score (nSPS) is 12.0. The van der Waals surface area contributed by atoms with Gasteiger partial charge in [-0.15, -0.1) is 0 Å². The largest absolute Gasteiger partial charge is 0.397 e. The van der Waals surface area contributed by atoms with Crippen molar-refractivity contribution in [2.24, 2.45) is 10.8 Å². The highest BCUT2D eigenvalue weighted by atomic mass is 16.2. The molecule has 0 saturated carbocycles. The first-order chi connectivity index (χ1) is 5.12. The Morgan fingerprint density at radius 2 is 1.00 bits per heavy atom. The second-order valence-electron chi connectivity index (χ2n) is 5.61. The highest BCUT2D eigenvalue weighted by molar-refractivity contribution is 4.71. The molecule has 0 aliphatic heterocycles. The van der Waals surface area contributed by atoms with Crippen molar-refractivity contribution in [3.8, 4) is 0 Å². The zero-order valence-electron chi connectivity index (χ0n) is 9.86. The number of hydrogen-bond acceptors (Lipinski definition) is 1. The molecule has 0 fully saturated rings. The van der Waals surface area contributed by atoms with Crippen LogP contribution >= 0.6 is 0 Å². The van der Waals surface area contributed by atoms with Crippen molar-refractivity contribution in [3.05, 3.63) is 0 Å². The fourth-order valence-electron chi connectivity index (χ4n) is 1.59. The average Bonchev–Trinajstić information content (AvgIpc) is 1.53. The minimum absolute atomic E-state index is 0.250. The molecule has 1 heteroatoms. The van der Waals surface area contributed by atoms with E-state index in [-0.39, 0.29) is 6.61 Å². The molecule has 0 radical (unpaired) electrons. The molecule has 0 atom stereocenters. The van der Waals surface area contributed by atoms with E-state index in [1.54, 1.807) is 6.92 Å². The van der Waals surface area contributed by atoms with Gasteiger partial charge in [-0.2, -0.15) is 0 Å². The summed E-state index contributed by atoms with van der Waals surface area (Å²) < 4.78 is 0. The van der Waals surface area contributed by atoms with Crippen LogP contribution in [-0.2, 0) is 0 Å². The molecule has 0 aromatic heterocycles. The van der Waals surface area contributed by atoms with Crippen molar-refractivity contribution in [3.63, 3.8) is 0 Å². The highest BCUT2D eigenvalue weighted by Gasteiger charge is 2.20. The van der Waals surface area contributed by atoms with Gasteiger partial charge < -0.3 is 5.11 Å². The maximum Gasteiger partial charge on any atom is 0.0402 e. The number of rotatable bonds is 0. The molecule has 0 aliphatic carbocycles. The standard InChI is InChI=1S/C9H20.C2H6O/c1-8(2,3)7-9(4,5)6;1-2-3/h7H2,1-6H3;3H,2H2,1H3. The molecular weight excluding hydrogens is 148 g/mol. The van der Waals surface area contributed by atoms with Crippen LogP contribution in [0.5, 0.6) is 0 Å². The molecule has 0 aromatic rings. The molecule has 0 aliphatic rings. The van der Waals surface area contributed by atoms with E-state index < -0.39 is 0 Å². The van der Waals surface area contributed by atoms with Gasteiger partial charge in [-0.25, -0.2) is 0 Å². The zero-order valence-corrected chi connectivity index (χ0v) is 9.86. The summed E-state index contributed by atoms with van der Waals surface area (Å²) in [5.41, 5.74) is 0.969. The lowest BCUT2D eigenvalue weighted by atomic mass is 9.78. The summed E-state index contributed by atoms with van der Waals surface area (Å²) in [7, 11) is 0. The Kier molecular flexibility index (Phi) is 6.73. The third-order valence-electron chi connectivity index (χ3n) is 1.06. The minimum Gasteiger partial charge on any atom is -0.397 e. The van der Waals surface area contributed by atoms with E-state index in [0.717, 1.165) is 0 Å². The number of aliphatic hydroxyl groups is 1. The predicted octanol–water partition coefficient (Wildman–Crippen LogP) is 3.47. The minimum atomic E-state index is 0.250. The molecule has 1 N–H and O–H groups in total. The Bertz CT molecular complexity index is 80.6. The lowest BCUT2D eigenvalue weighted by molar-refractivity contribution is 0.233. The van der Waals surface area contributed by atoms with Gasteiger partial charge in [-0.05, 0) is 24.2 Å². The number of aliphatic hydroxyl groups excluding tert-OH is 1. The summed E-state index contributed by atoms with van der Waals surface area (Å²) in [6, 6.07) is 0. The summed E-state index contributed by atoms with van der Waals surface area (Å²) in [6.45, 7) is 15.7. The van der Waals surface area contributed by atoms with E-state index in [4.69, 9.17) is 5.11 Å². The monoisotopic (exact) mass is 174 g/mol. The third kappa shape index (κ3) is 22.5. The van der Waals surface area contributed by atoms with Crippen molar-refractivity contribution in [2.75, 3.05) is 6.61 Å². The van der Waals surface area contributed by atoms with Crippen molar-refractivity contribution in [2.45, 2.75) is 54.9 Å². The summed E-state index contributed by atoms with van der Waals surface area (Å²) >= 11 is 0. The third-order valence-corrected chi connectivity index (χ3v) is 1.06. The van der Waals surface area contributed by atoms with Crippen molar-refractivity contribution in [1.29, 1.82) is 0 Å². The van der Waals surface area contributed by atoms with Crippen LogP contribution in [0.1, 0.15) is 54.9 Å². The van der Waals surface area contributed by atoms with Gasteiger partial charge in [-0.3, -0.25) is 0 Å². The van der Waals surface area contributed by atoms with Crippen LogP contribution < -0.4 is 0 Å². The lowest BCUT2D eigenvalue weighted by Crippen LogP contribution is -2.16. The summed E-state index contributed by atoms with van der Waals surface area (Å²) in [5, 5.41) is 7.57. The molecule has 0 aromatic carbocycles. The van der Waals surface area contributed by atoms with Crippen LogP contribution in [0, 0.1) is 10.8 Å². The molecule has 0 spiro atoms. The second-order valence-corrected chi connectivity index (χ2v) is 5.61. The van der Waals surface area contributed by atoms with Crippen LogP contribution in [-0.4, -0.2) is 11.7 Å². The van der Waals surface area contributed by atoms with Gasteiger partial charge in [0.15, 0.2) is 0 Å². The van der Waals surface area contributed by atoms with Gasteiger partial charge in [-0.1, -0.05) is 41.5 Å². The molecule has 0 amide bonds. The first-order valence-electron chi connectivity index (χ1n) is 4.73. The Hall–Kier alpha value is -0.0400. The van der Waals surface area contributed by atoms with E-state index in [0.29, 0.717) is 10.8 Å². The van der Waals surface area contributed by atoms with Crippen molar-refractivity contribution < 1.29 is 5.11 Å². The number of hydrogen-bond donors (Lipinski definition) is 1. The van der Waals surface area contributed by atoms with E-state index in [1.165, 1.54) is 6.42 Å². The Morgan fingerprint density at radius 3 is 1.00 bits per heavy atom. The zero-order chi connectivity index (χ0) is 10.4. The van der Waals surface area contributed by atoms with Gasteiger partial charge in [0.05, 0.1) is 0 Å². The molecule has 12 heavy (non-hydrogen) atoms. The maximum absolute atomic E-state index is 7.57. The lowest BCUT2D eigenvalue weighted by Gasteiger charge is -2.28. The quantitative estimate of drug-likeness (QED) is 0.596. The van der Waals surface area contributed by atoms with Gasteiger partial charge in [0.25, 0.3) is 0 Å². The Labute approximate surface area is 78.2 Å². The molecule has 1 nitrogen and oxygen atoms in total. The first-order valence-corrected chi connectivity index (χ1v) is 4.73. The fraction of sp³-hybridized carbons (Fsp3) is 1.00. The van der Waals surface area contributed by atoms with Gasteiger partial charge in [0, 0.05) is 6.61 Å². The molecule has 0 heterocycles. The van der Waals surface area contributed by atoms with E-state index in [2.05, 4.69) is 41.5 Å². The molecule has 0 bridgehead atoms. The van der Waals surface area contributed by atoms with Crippen LogP contribution in [0.3, 0.4) is 0 Å². The smallest absolute Gasteiger partial charge is 0.0402 e. The molecule has 0 saturated heterocycles. The Morgan fingerprint density at radius 1 is 0.833 bits per heavy atom. The second kappa shape index (κ2) is 5.58. The highest BCUT2D eigenvalue weighted by Crippen LogP contribution is 2.31. The van der Waals surface area contributed by atoms with Crippen LogP contribution in [0.25, 0.3) is 0 Å². The van der Waals surface area contributed by atoms with E-state index >= 15 is 0 Å². The van der Waals surface area contributed by atoms with E-state index in [9.17, 15) is 0 Å². The Balaban J connectivity index is 0. The predicted molar refractivity (Wildman–Crippen MR) is 56.3 cm³/mol. The molecule has 0 rings (SSSR count). The molecule has 0 unspecified atom stereocenters. The van der Waals surface area contributed by atoms with E-state index in [1.807, 2.05) is 0 Å². The molecular formula is C11H26O. The maximum atomic E-state index is 7.57. The van der Waals surface area contributed by atoms with Crippen LogP contribution in [0.15, 0.2) is 0 Å².